The predicted molar refractivity (Wildman–Crippen MR) is 76.8 cm³/mol. The molecular formula is C13H17ClN2O3S. The van der Waals surface area contributed by atoms with Crippen molar-refractivity contribution in [3.8, 4) is 6.07 Å². The Morgan fingerprint density at radius 3 is 2.60 bits per heavy atom. The van der Waals surface area contributed by atoms with Crippen molar-refractivity contribution in [1.82, 2.24) is 4.72 Å². The average Bonchev–Trinajstić information content (AvgIpc) is 2.37. The van der Waals surface area contributed by atoms with Crippen LogP contribution in [0.3, 0.4) is 0 Å². The number of halogens is 1. The molecule has 0 saturated carbocycles. The van der Waals surface area contributed by atoms with Gasteiger partial charge in [0.1, 0.15) is 4.90 Å². The van der Waals surface area contributed by atoms with E-state index in [1.807, 2.05) is 19.9 Å². The van der Waals surface area contributed by atoms with Gasteiger partial charge in [-0.1, -0.05) is 25.4 Å². The first-order valence-corrected chi connectivity index (χ1v) is 7.99. The van der Waals surface area contributed by atoms with Crippen LogP contribution < -0.4 is 4.72 Å². The van der Waals surface area contributed by atoms with Gasteiger partial charge in [0.25, 0.3) is 0 Å². The molecule has 20 heavy (non-hydrogen) atoms. The Labute approximate surface area is 124 Å². The average molecular weight is 317 g/mol. The molecule has 0 saturated heterocycles. The van der Waals surface area contributed by atoms with E-state index in [9.17, 15) is 13.5 Å². The molecule has 0 spiro atoms. The highest BCUT2D eigenvalue weighted by atomic mass is 35.5. The standard InChI is InChI=1S/C13H17ClN2O3S/c1-9(2)5-11(8-17)16-20(18,19)13-6-10(7-15)3-4-12(13)14/h3-4,6,9,11,16-17H,5,8H2,1-2H3. The minimum absolute atomic E-state index is 0.0396. The zero-order chi connectivity index (χ0) is 15.3. The summed E-state index contributed by atoms with van der Waals surface area (Å²) in [5.74, 6) is 0.232. The van der Waals surface area contributed by atoms with E-state index in [4.69, 9.17) is 16.9 Å². The molecule has 1 aromatic rings. The van der Waals surface area contributed by atoms with E-state index < -0.39 is 16.1 Å². The van der Waals surface area contributed by atoms with Gasteiger partial charge in [-0.25, -0.2) is 13.1 Å². The fourth-order valence-corrected chi connectivity index (χ4v) is 3.56. The third-order valence-corrected chi connectivity index (χ3v) is 4.65. The number of sulfonamides is 1. The van der Waals surface area contributed by atoms with E-state index in [1.165, 1.54) is 18.2 Å². The Morgan fingerprint density at radius 1 is 1.45 bits per heavy atom. The number of benzene rings is 1. The van der Waals surface area contributed by atoms with Gasteiger partial charge in [-0.05, 0) is 30.5 Å². The van der Waals surface area contributed by atoms with Gasteiger partial charge >= 0.3 is 0 Å². The third kappa shape index (κ3) is 4.46. The van der Waals surface area contributed by atoms with Crippen LogP contribution in [-0.4, -0.2) is 26.2 Å². The Hall–Kier alpha value is -1.13. The molecule has 110 valence electrons. The van der Waals surface area contributed by atoms with E-state index in [1.54, 1.807) is 0 Å². The molecule has 7 heteroatoms. The van der Waals surface area contributed by atoms with Gasteiger partial charge < -0.3 is 5.11 Å². The molecule has 5 nitrogen and oxygen atoms in total. The number of hydrogen-bond acceptors (Lipinski definition) is 4. The second-order valence-corrected chi connectivity index (χ2v) is 6.98. The normalized spacial score (nSPS) is 13.2. The third-order valence-electron chi connectivity index (χ3n) is 2.65. The Balaban J connectivity index is 3.08. The molecular weight excluding hydrogens is 300 g/mol. The number of aliphatic hydroxyl groups is 1. The van der Waals surface area contributed by atoms with Crippen LogP contribution >= 0.6 is 11.6 Å². The van der Waals surface area contributed by atoms with Crippen LogP contribution in [0, 0.1) is 17.2 Å². The minimum atomic E-state index is -3.87. The lowest BCUT2D eigenvalue weighted by Crippen LogP contribution is -2.38. The maximum Gasteiger partial charge on any atom is 0.242 e. The zero-order valence-electron chi connectivity index (χ0n) is 11.3. The Bertz CT molecular complexity index is 609. The monoisotopic (exact) mass is 316 g/mol. The van der Waals surface area contributed by atoms with E-state index in [0.717, 1.165) is 0 Å². The molecule has 1 aromatic carbocycles. The lowest BCUT2D eigenvalue weighted by atomic mass is 10.1. The van der Waals surface area contributed by atoms with Crippen molar-refractivity contribution in [2.75, 3.05) is 6.61 Å². The molecule has 0 aromatic heterocycles. The summed E-state index contributed by atoms with van der Waals surface area (Å²) in [6.07, 6.45) is 0.505. The quantitative estimate of drug-likeness (QED) is 0.838. The summed E-state index contributed by atoms with van der Waals surface area (Å²) in [6.45, 7) is 3.56. The van der Waals surface area contributed by atoms with Gasteiger partial charge in [0.2, 0.25) is 10.0 Å². The van der Waals surface area contributed by atoms with Crippen molar-refractivity contribution in [3.63, 3.8) is 0 Å². The number of rotatable bonds is 6. The first-order valence-electron chi connectivity index (χ1n) is 6.13. The molecule has 2 N–H and O–H groups in total. The molecule has 1 rings (SSSR count). The van der Waals surface area contributed by atoms with Crippen molar-refractivity contribution in [3.05, 3.63) is 28.8 Å². The van der Waals surface area contributed by atoms with E-state index in [2.05, 4.69) is 4.72 Å². The van der Waals surface area contributed by atoms with Crippen LogP contribution in [0.1, 0.15) is 25.8 Å². The first-order chi connectivity index (χ1) is 9.30. The van der Waals surface area contributed by atoms with Gasteiger partial charge in [-0.3, -0.25) is 0 Å². The summed E-state index contributed by atoms with van der Waals surface area (Å²) in [5, 5.41) is 18.1. The second kappa shape index (κ2) is 7.04. The van der Waals surface area contributed by atoms with Crippen LogP contribution in [0.2, 0.25) is 5.02 Å². The number of hydrogen-bond donors (Lipinski definition) is 2. The van der Waals surface area contributed by atoms with Crippen LogP contribution in [0.15, 0.2) is 23.1 Å². The molecule has 0 radical (unpaired) electrons. The second-order valence-electron chi connectivity index (χ2n) is 4.89. The van der Waals surface area contributed by atoms with E-state index in [-0.39, 0.29) is 28.0 Å². The Kier molecular flexibility index (Phi) is 5.96. The molecule has 1 unspecified atom stereocenters. The minimum Gasteiger partial charge on any atom is -0.395 e. The van der Waals surface area contributed by atoms with Crippen molar-refractivity contribution < 1.29 is 13.5 Å². The highest BCUT2D eigenvalue weighted by Crippen LogP contribution is 2.23. The van der Waals surface area contributed by atoms with Crippen molar-refractivity contribution in [2.24, 2.45) is 5.92 Å². The summed E-state index contributed by atoms with van der Waals surface area (Å²) < 4.78 is 26.9. The molecule has 1 atom stereocenters. The smallest absolute Gasteiger partial charge is 0.242 e. The number of nitriles is 1. The molecule has 0 bridgehead atoms. The van der Waals surface area contributed by atoms with Crippen molar-refractivity contribution in [2.45, 2.75) is 31.2 Å². The van der Waals surface area contributed by atoms with Gasteiger partial charge in [-0.15, -0.1) is 0 Å². The molecule has 0 fully saturated rings. The summed E-state index contributed by atoms with van der Waals surface area (Å²) in [4.78, 5) is -0.152. The summed E-state index contributed by atoms with van der Waals surface area (Å²) in [6, 6.07) is 5.31. The molecule has 0 aliphatic rings. The highest BCUT2D eigenvalue weighted by molar-refractivity contribution is 7.89. The van der Waals surface area contributed by atoms with Crippen molar-refractivity contribution in [1.29, 1.82) is 5.26 Å². The van der Waals surface area contributed by atoms with Crippen molar-refractivity contribution >= 4 is 21.6 Å². The SMILES string of the molecule is CC(C)CC(CO)NS(=O)(=O)c1cc(C#N)ccc1Cl. The highest BCUT2D eigenvalue weighted by Gasteiger charge is 2.23. The van der Waals surface area contributed by atoms with Gasteiger partial charge in [-0.2, -0.15) is 5.26 Å². The van der Waals surface area contributed by atoms with Gasteiger partial charge in [0.05, 0.1) is 23.3 Å². The fraction of sp³-hybridized carbons (Fsp3) is 0.462. The summed E-state index contributed by atoms with van der Waals surface area (Å²) in [5.41, 5.74) is 0.208. The van der Waals surface area contributed by atoms with Gasteiger partial charge in [0.15, 0.2) is 0 Å². The summed E-state index contributed by atoms with van der Waals surface area (Å²) >= 11 is 5.88. The summed E-state index contributed by atoms with van der Waals surface area (Å²) in [7, 11) is -3.87. The molecule has 0 heterocycles. The fourth-order valence-electron chi connectivity index (χ4n) is 1.79. The predicted octanol–water partition coefficient (Wildman–Crippen LogP) is 1.90. The number of nitrogens with zero attached hydrogens (tertiary/aromatic N) is 1. The first kappa shape index (κ1) is 16.9. The maximum atomic E-state index is 12.3. The van der Waals surface area contributed by atoms with Crippen LogP contribution in [0.4, 0.5) is 0 Å². The topological polar surface area (TPSA) is 90.2 Å². The van der Waals surface area contributed by atoms with E-state index >= 15 is 0 Å². The lowest BCUT2D eigenvalue weighted by molar-refractivity contribution is 0.240. The van der Waals surface area contributed by atoms with Gasteiger partial charge in [0, 0.05) is 6.04 Å². The van der Waals surface area contributed by atoms with E-state index in [0.29, 0.717) is 6.42 Å². The van der Waals surface area contributed by atoms with Crippen LogP contribution in [-0.2, 0) is 10.0 Å². The molecule has 0 aliphatic carbocycles. The lowest BCUT2D eigenvalue weighted by Gasteiger charge is -2.18. The molecule has 0 aliphatic heterocycles. The zero-order valence-corrected chi connectivity index (χ0v) is 12.9. The van der Waals surface area contributed by atoms with Crippen LogP contribution in [0.5, 0.6) is 0 Å². The largest absolute Gasteiger partial charge is 0.395 e. The van der Waals surface area contributed by atoms with Crippen LogP contribution in [0.25, 0.3) is 0 Å². The number of nitrogens with one attached hydrogen (secondary N) is 1. The molecule has 0 amide bonds. The number of aliphatic hydroxyl groups excluding tert-OH is 1. The maximum absolute atomic E-state index is 12.3. The Morgan fingerprint density at radius 2 is 2.10 bits per heavy atom.